The summed E-state index contributed by atoms with van der Waals surface area (Å²) in [7, 11) is 0. The molecule has 0 bridgehead atoms. The lowest BCUT2D eigenvalue weighted by Crippen LogP contribution is -2.42. The van der Waals surface area contributed by atoms with Crippen LogP contribution in [-0.2, 0) is 0 Å². The summed E-state index contributed by atoms with van der Waals surface area (Å²) in [5.74, 6) is 1.71. The fourth-order valence-corrected chi connectivity index (χ4v) is 4.50. The van der Waals surface area contributed by atoms with Crippen molar-refractivity contribution >= 4 is 0 Å². The quantitative estimate of drug-likeness (QED) is 0.834. The predicted octanol–water partition coefficient (Wildman–Crippen LogP) is 4.27. The Hall–Kier alpha value is -0.820. The first kappa shape index (κ1) is 13.2. The molecule has 1 heterocycles. The van der Waals surface area contributed by atoms with Gasteiger partial charge in [-0.1, -0.05) is 43.2 Å². The van der Waals surface area contributed by atoms with Gasteiger partial charge in [0.2, 0.25) is 0 Å². The Morgan fingerprint density at radius 2 is 2.21 bits per heavy atom. The highest BCUT2D eigenvalue weighted by Gasteiger charge is 2.46. The molecule has 1 aliphatic carbocycles. The standard InChI is InChI=1S/C18H27N/c1-3-15-7-8-18(12-15)9-10-19-13-17(18)16-6-4-5-14(2)11-16/h4-6,11,15,17,19H,3,7-10,12-13H2,1-2H3. The van der Waals surface area contributed by atoms with E-state index in [0.717, 1.165) is 11.8 Å². The highest BCUT2D eigenvalue weighted by molar-refractivity contribution is 5.29. The van der Waals surface area contributed by atoms with Gasteiger partial charge in [0.05, 0.1) is 0 Å². The minimum atomic E-state index is 0.597. The first-order valence-electron chi connectivity index (χ1n) is 8.01. The Kier molecular flexibility index (Phi) is 3.66. The predicted molar refractivity (Wildman–Crippen MR) is 81.5 cm³/mol. The summed E-state index contributed by atoms with van der Waals surface area (Å²) in [5.41, 5.74) is 3.58. The van der Waals surface area contributed by atoms with E-state index >= 15 is 0 Å². The first-order valence-corrected chi connectivity index (χ1v) is 8.01. The summed E-state index contributed by atoms with van der Waals surface area (Å²) in [6.45, 7) is 6.99. The van der Waals surface area contributed by atoms with Crippen molar-refractivity contribution in [2.45, 2.75) is 51.9 Å². The summed E-state index contributed by atoms with van der Waals surface area (Å²) in [6, 6.07) is 9.22. The highest BCUT2D eigenvalue weighted by Crippen LogP contribution is 2.54. The molecule has 2 aliphatic rings. The molecule has 0 amide bonds. The molecule has 1 saturated heterocycles. The van der Waals surface area contributed by atoms with Crippen LogP contribution in [0.1, 0.15) is 56.1 Å². The zero-order chi connectivity index (χ0) is 13.3. The van der Waals surface area contributed by atoms with E-state index in [1.165, 1.54) is 50.8 Å². The molecule has 0 aromatic heterocycles. The van der Waals surface area contributed by atoms with Gasteiger partial charge in [-0.2, -0.15) is 0 Å². The number of hydrogen-bond acceptors (Lipinski definition) is 1. The van der Waals surface area contributed by atoms with E-state index in [0.29, 0.717) is 5.41 Å². The van der Waals surface area contributed by atoms with Gasteiger partial charge in [-0.25, -0.2) is 0 Å². The van der Waals surface area contributed by atoms with E-state index < -0.39 is 0 Å². The van der Waals surface area contributed by atoms with Crippen molar-refractivity contribution in [2.24, 2.45) is 11.3 Å². The Balaban J connectivity index is 1.89. The molecular weight excluding hydrogens is 230 g/mol. The van der Waals surface area contributed by atoms with Gasteiger partial charge in [0, 0.05) is 12.5 Å². The maximum Gasteiger partial charge on any atom is 0.00255 e. The molecule has 0 radical (unpaired) electrons. The van der Waals surface area contributed by atoms with Gasteiger partial charge in [0.25, 0.3) is 0 Å². The van der Waals surface area contributed by atoms with Gasteiger partial charge in [0.1, 0.15) is 0 Å². The summed E-state index contributed by atoms with van der Waals surface area (Å²) >= 11 is 0. The molecule has 1 aromatic carbocycles. The maximum absolute atomic E-state index is 3.64. The molecule has 19 heavy (non-hydrogen) atoms. The summed E-state index contributed by atoms with van der Waals surface area (Å²) in [5, 5.41) is 3.64. The topological polar surface area (TPSA) is 12.0 Å². The molecule has 1 saturated carbocycles. The van der Waals surface area contributed by atoms with Crippen molar-refractivity contribution in [3.8, 4) is 0 Å². The van der Waals surface area contributed by atoms with E-state index in [1.807, 2.05) is 0 Å². The lowest BCUT2D eigenvalue weighted by Gasteiger charge is -2.43. The van der Waals surface area contributed by atoms with Crippen molar-refractivity contribution in [2.75, 3.05) is 13.1 Å². The molecule has 3 atom stereocenters. The molecule has 1 aliphatic heterocycles. The van der Waals surface area contributed by atoms with Crippen LogP contribution in [0.2, 0.25) is 0 Å². The van der Waals surface area contributed by atoms with E-state index in [9.17, 15) is 0 Å². The molecule has 3 unspecified atom stereocenters. The average molecular weight is 257 g/mol. The smallest absolute Gasteiger partial charge is 0.00255 e. The summed E-state index contributed by atoms with van der Waals surface area (Å²) in [4.78, 5) is 0. The number of piperidine rings is 1. The molecule has 1 heteroatoms. The SMILES string of the molecule is CCC1CCC2(CCNCC2c2cccc(C)c2)C1. The molecule has 1 N–H and O–H groups in total. The molecular formula is C18H27N. The Morgan fingerprint density at radius 3 is 2.95 bits per heavy atom. The molecule has 1 aromatic rings. The van der Waals surface area contributed by atoms with Crippen LogP contribution in [0.5, 0.6) is 0 Å². The lowest BCUT2D eigenvalue weighted by molar-refractivity contribution is 0.162. The zero-order valence-corrected chi connectivity index (χ0v) is 12.4. The van der Waals surface area contributed by atoms with Gasteiger partial charge >= 0.3 is 0 Å². The van der Waals surface area contributed by atoms with Crippen LogP contribution < -0.4 is 5.32 Å². The third-order valence-electron chi connectivity index (χ3n) is 5.65. The molecule has 3 rings (SSSR count). The van der Waals surface area contributed by atoms with Crippen LogP contribution in [-0.4, -0.2) is 13.1 Å². The fourth-order valence-electron chi connectivity index (χ4n) is 4.50. The normalized spacial score (nSPS) is 34.8. The van der Waals surface area contributed by atoms with Gasteiger partial charge in [-0.3, -0.25) is 0 Å². The van der Waals surface area contributed by atoms with Crippen molar-refractivity contribution in [1.82, 2.24) is 5.32 Å². The van der Waals surface area contributed by atoms with Gasteiger partial charge in [-0.15, -0.1) is 0 Å². The molecule has 1 spiro atoms. The Bertz CT molecular complexity index is 439. The van der Waals surface area contributed by atoms with Crippen LogP contribution in [0.25, 0.3) is 0 Å². The second-order valence-corrected chi connectivity index (χ2v) is 6.80. The van der Waals surface area contributed by atoms with E-state index in [-0.39, 0.29) is 0 Å². The zero-order valence-electron chi connectivity index (χ0n) is 12.4. The second-order valence-electron chi connectivity index (χ2n) is 6.80. The molecule has 2 fully saturated rings. The van der Waals surface area contributed by atoms with E-state index in [4.69, 9.17) is 0 Å². The van der Waals surface area contributed by atoms with Crippen molar-refractivity contribution in [3.05, 3.63) is 35.4 Å². The van der Waals surface area contributed by atoms with Gasteiger partial charge < -0.3 is 5.32 Å². The number of aryl methyl sites for hydroxylation is 1. The number of hydrogen-bond donors (Lipinski definition) is 1. The van der Waals surface area contributed by atoms with Crippen LogP contribution in [0.4, 0.5) is 0 Å². The minimum absolute atomic E-state index is 0.597. The van der Waals surface area contributed by atoms with E-state index in [2.05, 4.69) is 43.4 Å². The van der Waals surface area contributed by atoms with Crippen molar-refractivity contribution < 1.29 is 0 Å². The number of rotatable bonds is 2. The number of benzene rings is 1. The third-order valence-corrected chi connectivity index (χ3v) is 5.65. The van der Waals surface area contributed by atoms with Crippen molar-refractivity contribution in [3.63, 3.8) is 0 Å². The average Bonchev–Trinajstić information content (AvgIpc) is 2.83. The molecule has 104 valence electrons. The monoisotopic (exact) mass is 257 g/mol. The lowest BCUT2D eigenvalue weighted by atomic mass is 9.66. The van der Waals surface area contributed by atoms with Crippen LogP contribution in [0.15, 0.2) is 24.3 Å². The van der Waals surface area contributed by atoms with Crippen LogP contribution >= 0.6 is 0 Å². The van der Waals surface area contributed by atoms with Gasteiger partial charge in [-0.05, 0) is 56.0 Å². The minimum Gasteiger partial charge on any atom is -0.316 e. The van der Waals surface area contributed by atoms with Crippen molar-refractivity contribution in [1.29, 1.82) is 0 Å². The van der Waals surface area contributed by atoms with Crippen LogP contribution in [0.3, 0.4) is 0 Å². The molecule has 1 nitrogen and oxygen atoms in total. The largest absolute Gasteiger partial charge is 0.316 e. The highest BCUT2D eigenvalue weighted by atomic mass is 14.9. The number of nitrogens with one attached hydrogen (secondary N) is 1. The summed E-state index contributed by atoms with van der Waals surface area (Å²) in [6.07, 6.45) is 7.12. The van der Waals surface area contributed by atoms with E-state index in [1.54, 1.807) is 5.56 Å². The fraction of sp³-hybridized carbons (Fsp3) is 0.667. The second kappa shape index (κ2) is 5.28. The third kappa shape index (κ3) is 2.45. The van der Waals surface area contributed by atoms with Gasteiger partial charge in [0.15, 0.2) is 0 Å². The van der Waals surface area contributed by atoms with Crippen LogP contribution in [0, 0.1) is 18.3 Å². The Labute approximate surface area is 117 Å². The first-order chi connectivity index (χ1) is 9.23. The summed E-state index contributed by atoms with van der Waals surface area (Å²) < 4.78 is 0. The maximum atomic E-state index is 3.64. The Morgan fingerprint density at radius 1 is 1.32 bits per heavy atom.